The lowest BCUT2D eigenvalue weighted by Crippen LogP contribution is -2.29. The van der Waals surface area contributed by atoms with Crippen molar-refractivity contribution in [3.63, 3.8) is 0 Å². The van der Waals surface area contributed by atoms with Crippen LogP contribution < -0.4 is 5.32 Å². The molecular weight excluding hydrogens is 264 g/mol. The fourth-order valence-corrected chi connectivity index (χ4v) is 2.22. The molecule has 1 N–H and O–H groups in total. The molecule has 124 valence electrons. The van der Waals surface area contributed by atoms with Crippen LogP contribution in [0.4, 0.5) is 0 Å². The second-order valence-corrected chi connectivity index (χ2v) is 5.97. The van der Waals surface area contributed by atoms with E-state index in [1.807, 2.05) is 0 Å². The van der Waals surface area contributed by atoms with E-state index in [1.165, 1.54) is 44.9 Å². The number of carbonyl (C=O) groups is 2. The van der Waals surface area contributed by atoms with E-state index in [9.17, 15) is 9.59 Å². The Bertz CT molecular complexity index is 278. The smallest absolute Gasteiger partial charge is 0.223 e. The van der Waals surface area contributed by atoms with Gasteiger partial charge in [-0.05, 0) is 6.42 Å². The first-order valence-electron chi connectivity index (χ1n) is 8.54. The molecule has 0 spiro atoms. The Morgan fingerprint density at radius 3 is 1.86 bits per heavy atom. The highest BCUT2D eigenvalue weighted by atomic mass is 16.2. The van der Waals surface area contributed by atoms with Crippen LogP contribution in [0.25, 0.3) is 0 Å². The summed E-state index contributed by atoms with van der Waals surface area (Å²) in [4.78, 5) is 24.4. The maximum Gasteiger partial charge on any atom is 0.223 e. The molecule has 0 radical (unpaired) electrons. The molecule has 0 saturated heterocycles. The molecule has 0 aliphatic rings. The van der Waals surface area contributed by atoms with Gasteiger partial charge in [-0.3, -0.25) is 9.59 Å². The third-order valence-corrected chi connectivity index (χ3v) is 3.67. The summed E-state index contributed by atoms with van der Waals surface area (Å²) in [5.74, 6) is 0.128. The second kappa shape index (κ2) is 13.9. The van der Waals surface area contributed by atoms with E-state index in [4.69, 9.17) is 0 Å². The minimum atomic E-state index is 0.0540. The summed E-state index contributed by atoms with van der Waals surface area (Å²) >= 11 is 0. The normalized spacial score (nSPS) is 10.4. The van der Waals surface area contributed by atoms with Gasteiger partial charge in [0.05, 0.1) is 0 Å². The lowest BCUT2D eigenvalue weighted by atomic mass is 10.1. The van der Waals surface area contributed by atoms with Crippen LogP contribution in [0.5, 0.6) is 0 Å². The zero-order valence-corrected chi connectivity index (χ0v) is 14.2. The maximum atomic E-state index is 11.6. The van der Waals surface area contributed by atoms with Crippen molar-refractivity contribution in [2.75, 3.05) is 20.6 Å². The Labute approximate surface area is 130 Å². The molecule has 0 aromatic heterocycles. The molecule has 0 fully saturated rings. The summed E-state index contributed by atoms with van der Waals surface area (Å²) in [5, 5.41) is 2.81. The van der Waals surface area contributed by atoms with Gasteiger partial charge in [0.15, 0.2) is 0 Å². The van der Waals surface area contributed by atoms with Crippen molar-refractivity contribution in [1.82, 2.24) is 10.2 Å². The summed E-state index contributed by atoms with van der Waals surface area (Å²) in [7, 11) is 3.46. The number of amides is 2. The van der Waals surface area contributed by atoms with E-state index in [0.29, 0.717) is 19.4 Å². The second-order valence-electron chi connectivity index (χ2n) is 5.97. The SMILES string of the molecule is CCCCCCCCCCCC(=O)NCCC(=O)N(C)C. The third-order valence-electron chi connectivity index (χ3n) is 3.67. The van der Waals surface area contributed by atoms with Crippen LogP contribution in [-0.4, -0.2) is 37.4 Å². The molecule has 0 aliphatic carbocycles. The van der Waals surface area contributed by atoms with Crippen molar-refractivity contribution in [1.29, 1.82) is 0 Å². The Morgan fingerprint density at radius 1 is 0.810 bits per heavy atom. The first kappa shape index (κ1) is 19.9. The van der Waals surface area contributed by atoms with Gasteiger partial charge in [-0.1, -0.05) is 58.3 Å². The first-order chi connectivity index (χ1) is 10.1. The Hall–Kier alpha value is -1.06. The number of rotatable bonds is 13. The monoisotopic (exact) mass is 298 g/mol. The fraction of sp³-hybridized carbons (Fsp3) is 0.882. The Balaban J connectivity index is 3.28. The van der Waals surface area contributed by atoms with Crippen LogP contribution in [0.2, 0.25) is 0 Å². The fourth-order valence-electron chi connectivity index (χ4n) is 2.22. The van der Waals surface area contributed by atoms with Crippen molar-refractivity contribution in [2.45, 2.75) is 77.6 Å². The molecule has 2 amide bonds. The van der Waals surface area contributed by atoms with Crippen LogP contribution >= 0.6 is 0 Å². The summed E-state index contributed by atoms with van der Waals surface area (Å²) in [6.07, 6.45) is 12.3. The predicted octanol–water partition coefficient (Wildman–Crippen LogP) is 3.50. The molecule has 21 heavy (non-hydrogen) atoms. The van der Waals surface area contributed by atoms with Crippen LogP contribution in [0.3, 0.4) is 0 Å². The van der Waals surface area contributed by atoms with E-state index in [2.05, 4.69) is 12.2 Å². The minimum absolute atomic E-state index is 0.0540. The Kier molecular flexibility index (Phi) is 13.2. The van der Waals surface area contributed by atoms with Gasteiger partial charge in [-0.2, -0.15) is 0 Å². The highest BCUT2D eigenvalue weighted by Gasteiger charge is 2.05. The number of hydrogen-bond acceptors (Lipinski definition) is 2. The largest absolute Gasteiger partial charge is 0.356 e. The van der Waals surface area contributed by atoms with Crippen molar-refractivity contribution < 1.29 is 9.59 Å². The number of hydrogen-bond donors (Lipinski definition) is 1. The van der Waals surface area contributed by atoms with E-state index in [1.54, 1.807) is 19.0 Å². The van der Waals surface area contributed by atoms with Crippen LogP contribution in [0.1, 0.15) is 77.6 Å². The third kappa shape index (κ3) is 13.7. The van der Waals surface area contributed by atoms with Crippen molar-refractivity contribution in [3.8, 4) is 0 Å². The van der Waals surface area contributed by atoms with Gasteiger partial charge >= 0.3 is 0 Å². The number of nitrogens with zero attached hydrogens (tertiary/aromatic N) is 1. The molecule has 4 heteroatoms. The zero-order chi connectivity index (χ0) is 15.9. The first-order valence-corrected chi connectivity index (χ1v) is 8.54. The number of nitrogens with one attached hydrogen (secondary N) is 1. The van der Waals surface area contributed by atoms with Gasteiger partial charge in [0.1, 0.15) is 0 Å². The topological polar surface area (TPSA) is 49.4 Å². The van der Waals surface area contributed by atoms with Crippen molar-refractivity contribution in [2.24, 2.45) is 0 Å². The molecule has 0 aromatic carbocycles. The van der Waals surface area contributed by atoms with Crippen LogP contribution in [-0.2, 0) is 9.59 Å². The van der Waals surface area contributed by atoms with Crippen LogP contribution in [0, 0.1) is 0 Å². The average Bonchev–Trinajstić information content (AvgIpc) is 2.45. The molecular formula is C17H34N2O2. The molecule has 0 heterocycles. The predicted molar refractivity (Wildman–Crippen MR) is 88.2 cm³/mol. The molecule has 0 saturated carbocycles. The van der Waals surface area contributed by atoms with E-state index in [-0.39, 0.29) is 11.8 Å². The summed E-state index contributed by atoms with van der Waals surface area (Å²) < 4.78 is 0. The van der Waals surface area contributed by atoms with Gasteiger partial charge < -0.3 is 10.2 Å². The Morgan fingerprint density at radius 2 is 1.33 bits per heavy atom. The quantitative estimate of drug-likeness (QED) is 0.529. The lowest BCUT2D eigenvalue weighted by Gasteiger charge is -2.10. The molecule has 0 aromatic rings. The zero-order valence-electron chi connectivity index (χ0n) is 14.2. The summed E-state index contributed by atoms with van der Waals surface area (Å²) in [5.41, 5.74) is 0. The van der Waals surface area contributed by atoms with Crippen LogP contribution in [0.15, 0.2) is 0 Å². The maximum absolute atomic E-state index is 11.6. The molecule has 0 atom stereocenters. The van der Waals surface area contributed by atoms with E-state index in [0.717, 1.165) is 12.8 Å². The summed E-state index contributed by atoms with van der Waals surface area (Å²) in [6.45, 7) is 2.69. The van der Waals surface area contributed by atoms with Crippen molar-refractivity contribution >= 4 is 11.8 Å². The van der Waals surface area contributed by atoms with Gasteiger partial charge in [0, 0.05) is 33.5 Å². The van der Waals surface area contributed by atoms with Gasteiger partial charge in [0.2, 0.25) is 11.8 Å². The minimum Gasteiger partial charge on any atom is -0.356 e. The highest BCUT2D eigenvalue weighted by Crippen LogP contribution is 2.10. The van der Waals surface area contributed by atoms with Gasteiger partial charge in [0.25, 0.3) is 0 Å². The number of carbonyl (C=O) groups excluding carboxylic acids is 2. The molecule has 0 unspecified atom stereocenters. The molecule has 4 nitrogen and oxygen atoms in total. The van der Waals surface area contributed by atoms with Gasteiger partial charge in [-0.15, -0.1) is 0 Å². The van der Waals surface area contributed by atoms with E-state index < -0.39 is 0 Å². The molecule has 0 aliphatic heterocycles. The average molecular weight is 298 g/mol. The molecule has 0 rings (SSSR count). The lowest BCUT2D eigenvalue weighted by molar-refractivity contribution is -0.128. The molecule has 0 bridgehead atoms. The van der Waals surface area contributed by atoms with Crippen molar-refractivity contribution in [3.05, 3.63) is 0 Å². The van der Waals surface area contributed by atoms with Gasteiger partial charge in [-0.25, -0.2) is 0 Å². The number of unbranched alkanes of at least 4 members (excludes halogenated alkanes) is 8. The standard InChI is InChI=1S/C17H34N2O2/c1-4-5-6-7-8-9-10-11-12-13-16(20)18-15-14-17(21)19(2)3/h4-15H2,1-3H3,(H,18,20). The highest BCUT2D eigenvalue weighted by molar-refractivity contribution is 5.78. The van der Waals surface area contributed by atoms with E-state index >= 15 is 0 Å². The summed E-state index contributed by atoms with van der Waals surface area (Å²) in [6, 6.07) is 0.